The van der Waals surface area contributed by atoms with Crippen LogP contribution < -0.4 is 5.56 Å². The summed E-state index contributed by atoms with van der Waals surface area (Å²) in [5.41, 5.74) is 4.82. The van der Waals surface area contributed by atoms with Gasteiger partial charge in [-0.3, -0.25) is 4.79 Å². The van der Waals surface area contributed by atoms with E-state index in [1.54, 1.807) is 12.3 Å². The van der Waals surface area contributed by atoms with Crippen LogP contribution in [0.5, 0.6) is 0 Å². The second-order valence-electron chi connectivity index (χ2n) is 8.75. The number of para-hydroxylation sites is 1. The van der Waals surface area contributed by atoms with Gasteiger partial charge >= 0.3 is 0 Å². The maximum Gasteiger partial charge on any atom is 0.282 e. The Morgan fingerprint density at radius 1 is 1.00 bits per heavy atom. The maximum absolute atomic E-state index is 13.6. The number of benzene rings is 3. The van der Waals surface area contributed by atoms with Crippen LogP contribution in [-0.2, 0) is 0 Å². The molecule has 0 aliphatic rings. The molecular formula is C29H20BrClN4O2. The van der Waals surface area contributed by atoms with Crippen LogP contribution in [0.15, 0.2) is 97.6 Å². The van der Waals surface area contributed by atoms with E-state index in [2.05, 4.69) is 25.6 Å². The lowest BCUT2D eigenvalue weighted by atomic mass is 10.2. The van der Waals surface area contributed by atoms with Gasteiger partial charge in [-0.25, -0.2) is 4.98 Å². The van der Waals surface area contributed by atoms with Crippen molar-refractivity contribution < 1.29 is 4.42 Å². The van der Waals surface area contributed by atoms with Gasteiger partial charge in [-0.15, -0.1) is 0 Å². The van der Waals surface area contributed by atoms with Gasteiger partial charge in [-0.05, 0) is 74.5 Å². The third-order valence-electron chi connectivity index (χ3n) is 6.30. The van der Waals surface area contributed by atoms with Crippen LogP contribution in [0.2, 0.25) is 5.02 Å². The normalized spacial score (nSPS) is 11.8. The predicted molar refractivity (Wildman–Crippen MR) is 152 cm³/mol. The fourth-order valence-corrected chi connectivity index (χ4v) is 5.13. The van der Waals surface area contributed by atoms with E-state index in [1.807, 2.05) is 86.6 Å². The van der Waals surface area contributed by atoms with Gasteiger partial charge in [0, 0.05) is 37.5 Å². The Labute approximate surface area is 225 Å². The molecule has 6 nitrogen and oxygen atoms in total. The summed E-state index contributed by atoms with van der Waals surface area (Å²) in [6.07, 6.45) is 1.68. The molecule has 0 saturated carbocycles. The Bertz CT molecular complexity index is 1920. The van der Waals surface area contributed by atoms with Crippen molar-refractivity contribution in [3.63, 3.8) is 0 Å². The predicted octanol–water partition coefficient (Wildman–Crippen LogP) is 7.52. The van der Waals surface area contributed by atoms with Crippen LogP contribution >= 0.6 is 27.5 Å². The lowest BCUT2D eigenvalue weighted by Gasteiger charge is -2.10. The number of aromatic nitrogens is 3. The first-order chi connectivity index (χ1) is 17.9. The summed E-state index contributed by atoms with van der Waals surface area (Å²) >= 11 is 9.73. The monoisotopic (exact) mass is 570 g/mol. The fourth-order valence-electron chi connectivity index (χ4n) is 4.57. The van der Waals surface area contributed by atoms with E-state index < -0.39 is 0 Å². The number of aryl methyl sites for hydroxylation is 1. The van der Waals surface area contributed by atoms with Crippen molar-refractivity contribution >= 4 is 55.6 Å². The second-order valence-corrected chi connectivity index (χ2v) is 10.1. The minimum absolute atomic E-state index is 0.276. The van der Waals surface area contributed by atoms with Crippen LogP contribution in [0.4, 0.5) is 0 Å². The lowest BCUT2D eigenvalue weighted by Crippen LogP contribution is -2.20. The van der Waals surface area contributed by atoms with Gasteiger partial charge in [0.25, 0.3) is 5.56 Å². The standard InChI is InChI=1S/C29H20BrClN4O2/c1-17-12-20(18(2)34(17)23-7-5-6-22(31)15-23)16-32-35-28(33-25-9-4-3-8-24(25)29(35)36)27-14-19-13-21(30)10-11-26(19)37-27/h3-16H,1-2H3. The van der Waals surface area contributed by atoms with Gasteiger partial charge in [0.2, 0.25) is 5.82 Å². The highest BCUT2D eigenvalue weighted by atomic mass is 79.9. The van der Waals surface area contributed by atoms with Crippen molar-refractivity contribution in [2.75, 3.05) is 0 Å². The summed E-state index contributed by atoms with van der Waals surface area (Å²) in [5, 5.41) is 6.66. The number of hydrogen-bond acceptors (Lipinski definition) is 4. The molecule has 0 aliphatic heterocycles. The van der Waals surface area contributed by atoms with Crippen molar-refractivity contribution in [1.82, 2.24) is 14.2 Å². The Balaban J connectivity index is 1.52. The van der Waals surface area contributed by atoms with Gasteiger partial charge in [0.1, 0.15) is 5.58 Å². The highest BCUT2D eigenvalue weighted by Gasteiger charge is 2.17. The van der Waals surface area contributed by atoms with Crippen molar-refractivity contribution in [1.29, 1.82) is 0 Å². The summed E-state index contributed by atoms with van der Waals surface area (Å²) < 4.78 is 10.4. The Morgan fingerprint density at radius 2 is 1.84 bits per heavy atom. The number of furan rings is 1. The molecule has 3 aromatic heterocycles. The molecule has 3 heterocycles. The summed E-state index contributed by atoms with van der Waals surface area (Å²) in [6, 6.07) is 24.6. The quantitative estimate of drug-likeness (QED) is 0.206. The molecule has 3 aromatic carbocycles. The first-order valence-electron chi connectivity index (χ1n) is 11.6. The molecular weight excluding hydrogens is 552 g/mol. The number of fused-ring (bicyclic) bond motifs is 2. The average Bonchev–Trinajstić information content (AvgIpc) is 3.42. The minimum atomic E-state index is -0.276. The Hall–Kier alpha value is -3.94. The molecule has 0 bridgehead atoms. The molecule has 182 valence electrons. The van der Waals surface area contributed by atoms with Crippen molar-refractivity contribution in [2.45, 2.75) is 13.8 Å². The smallest absolute Gasteiger partial charge is 0.282 e. The number of rotatable bonds is 4. The van der Waals surface area contributed by atoms with Crippen molar-refractivity contribution in [3.05, 3.63) is 116 Å². The van der Waals surface area contributed by atoms with Gasteiger partial charge in [-0.1, -0.05) is 45.7 Å². The van der Waals surface area contributed by atoms with E-state index in [9.17, 15) is 4.79 Å². The van der Waals surface area contributed by atoms with Crippen LogP contribution in [0, 0.1) is 13.8 Å². The SMILES string of the molecule is Cc1cc(C=Nn2c(-c3cc4cc(Br)ccc4o3)nc3ccccc3c2=O)c(C)n1-c1cccc(Cl)c1. The van der Waals surface area contributed by atoms with Gasteiger partial charge < -0.3 is 8.98 Å². The number of nitrogens with zero attached hydrogens (tertiary/aromatic N) is 4. The molecule has 6 rings (SSSR count). The molecule has 0 atom stereocenters. The first kappa shape index (κ1) is 23.5. The van der Waals surface area contributed by atoms with Gasteiger partial charge in [0.15, 0.2) is 5.76 Å². The average molecular weight is 572 g/mol. The van der Waals surface area contributed by atoms with E-state index in [0.29, 0.717) is 33.1 Å². The number of halogens is 2. The van der Waals surface area contributed by atoms with Gasteiger partial charge in [-0.2, -0.15) is 9.78 Å². The molecule has 0 fully saturated rings. The van der Waals surface area contributed by atoms with E-state index in [0.717, 1.165) is 32.5 Å². The van der Waals surface area contributed by atoms with Crippen LogP contribution in [0.25, 0.3) is 39.1 Å². The molecule has 0 radical (unpaired) electrons. The molecule has 0 unspecified atom stereocenters. The van der Waals surface area contributed by atoms with E-state index in [1.165, 1.54) is 4.68 Å². The zero-order chi connectivity index (χ0) is 25.7. The molecule has 6 aromatic rings. The fraction of sp³-hybridized carbons (Fsp3) is 0.0690. The first-order valence-corrected chi connectivity index (χ1v) is 12.8. The van der Waals surface area contributed by atoms with E-state index in [4.69, 9.17) is 21.0 Å². The summed E-state index contributed by atoms with van der Waals surface area (Å²) in [7, 11) is 0. The van der Waals surface area contributed by atoms with Gasteiger partial charge in [0.05, 0.1) is 17.1 Å². The number of hydrogen-bond donors (Lipinski definition) is 0. The Morgan fingerprint density at radius 3 is 2.68 bits per heavy atom. The molecule has 37 heavy (non-hydrogen) atoms. The topological polar surface area (TPSA) is 65.3 Å². The third-order valence-corrected chi connectivity index (χ3v) is 7.03. The molecule has 8 heteroatoms. The van der Waals surface area contributed by atoms with Crippen LogP contribution in [0.3, 0.4) is 0 Å². The van der Waals surface area contributed by atoms with Crippen molar-refractivity contribution in [2.24, 2.45) is 5.10 Å². The molecule has 0 aliphatic carbocycles. The minimum Gasteiger partial charge on any atom is -0.453 e. The van der Waals surface area contributed by atoms with E-state index >= 15 is 0 Å². The molecule has 0 amide bonds. The summed E-state index contributed by atoms with van der Waals surface area (Å²) in [5.74, 6) is 0.786. The zero-order valence-electron chi connectivity index (χ0n) is 19.9. The molecule has 0 spiro atoms. The largest absolute Gasteiger partial charge is 0.453 e. The highest BCUT2D eigenvalue weighted by molar-refractivity contribution is 9.10. The second kappa shape index (κ2) is 9.18. The van der Waals surface area contributed by atoms with Crippen LogP contribution in [0.1, 0.15) is 17.0 Å². The molecule has 0 saturated heterocycles. The molecule has 0 N–H and O–H groups in total. The van der Waals surface area contributed by atoms with Crippen LogP contribution in [-0.4, -0.2) is 20.4 Å². The Kier molecular flexibility index (Phi) is 5.82. The zero-order valence-corrected chi connectivity index (χ0v) is 22.3. The van der Waals surface area contributed by atoms with Crippen molar-refractivity contribution in [3.8, 4) is 17.3 Å². The maximum atomic E-state index is 13.6. The summed E-state index contributed by atoms with van der Waals surface area (Å²) in [4.78, 5) is 18.3. The third kappa shape index (κ3) is 4.20. The summed E-state index contributed by atoms with van der Waals surface area (Å²) in [6.45, 7) is 4.03. The van der Waals surface area contributed by atoms with E-state index in [-0.39, 0.29) is 5.56 Å². The lowest BCUT2D eigenvalue weighted by molar-refractivity contribution is 0.616. The highest BCUT2D eigenvalue weighted by Crippen LogP contribution is 2.29.